The van der Waals surface area contributed by atoms with Crippen LogP contribution in [0.4, 0.5) is 0 Å². The lowest BCUT2D eigenvalue weighted by molar-refractivity contribution is -0.132. The van der Waals surface area contributed by atoms with Crippen LogP contribution in [0, 0.1) is 0 Å². The summed E-state index contributed by atoms with van der Waals surface area (Å²) in [6, 6.07) is 8.99. The SMILES string of the molecule is COc1cc(OC(C)=O)c2c(=O)cc(-c3ccc(OC)c(OC(C)=O)c3)oc2c1. The molecule has 3 aromatic rings. The van der Waals surface area contributed by atoms with Gasteiger partial charge in [-0.3, -0.25) is 14.4 Å². The van der Waals surface area contributed by atoms with Crippen LogP contribution >= 0.6 is 0 Å². The van der Waals surface area contributed by atoms with Crippen molar-refractivity contribution in [2.75, 3.05) is 14.2 Å². The third kappa shape index (κ3) is 4.21. The molecule has 0 amide bonds. The molecule has 0 radical (unpaired) electrons. The molecule has 150 valence electrons. The van der Waals surface area contributed by atoms with Crippen molar-refractivity contribution in [3.8, 4) is 34.3 Å². The summed E-state index contributed by atoms with van der Waals surface area (Å²) < 4.78 is 26.5. The maximum Gasteiger partial charge on any atom is 0.308 e. The van der Waals surface area contributed by atoms with Crippen molar-refractivity contribution >= 4 is 22.9 Å². The van der Waals surface area contributed by atoms with Crippen molar-refractivity contribution in [1.82, 2.24) is 0 Å². The monoisotopic (exact) mass is 398 g/mol. The van der Waals surface area contributed by atoms with Gasteiger partial charge in [0, 0.05) is 37.6 Å². The first kappa shape index (κ1) is 19.9. The summed E-state index contributed by atoms with van der Waals surface area (Å²) in [6.07, 6.45) is 0. The number of hydrogen-bond acceptors (Lipinski definition) is 8. The fourth-order valence-electron chi connectivity index (χ4n) is 2.79. The minimum Gasteiger partial charge on any atom is -0.496 e. The zero-order valence-electron chi connectivity index (χ0n) is 16.2. The number of fused-ring (bicyclic) bond motifs is 1. The Morgan fingerprint density at radius 2 is 1.52 bits per heavy atom. The van der Waals surface area contributed by atoms with Crippen molar-refractivity contribution in [1.29, 1.82) is 0 Å². The largest absolute Gasteiger partial charge is 0.496 e. The van der Waals surface area contributed by atoms with Crippen LogP contribution in [0.25, 0.3) is 22.3 Å². The zero-order chi connectivity index (χ0) is 21.1. The Labute approximate surface area is 165 Å². The fraction of sp³-hybridized carbons (Fsp3) is 0.190. The summed E-state index contributed by atoms with van der Waals surface area (Å²) in [7, 11) is 2.89. The van der Waals surface area contributed by atoms with E-state index in [0.717, 1.165) is 0 Å². The van der Waals surface area contributed by atoms with E-state index >= 15 is 0 Å². The van der Waals surface area contributed by atoms with E-state index in [-0.39, 0.29) is 28.2 Å². The van der Waals surface area contributed by atoms with E-state index in [1.165, 1.54) is 52.3 Å². The third-order valence-electron chi connectivity index (χ3n) is 3.96. The number of benzene rings is 2. The van der Waals surface area contributed by atoms with Crippen molar-refractivity contribution in [2.24, 2.45) is 0 Å². The smallest absolute Gasteiger partial charge is 0.308 e. The number of esters is 2. The number of carbonyl (C=O) groups excluding carboxylic acids is 2. The highest BCUT2D eigenvalue weighted by atomic mass is 16.6. The second-order valence-electron chi connectivity index (χ2n) is 6.03. The van der Waals surface area contributed by atoms with Gasteiger partial charge in [-0.1, -0.05) is 0 Å². The highest BCUT2D eigenvalue weighted by Crippen LogP contribution is 2.35. The topological polar surface area (TPSA) is 101 Å². The summed E-state index contributed by atoms with van der Waals surface area (Å²) in [5.74, 6) is 0.0604. The van der Waals surface area contributed by atoms with Crippen molar-refractivity contribution in [2.45, 2.75) is 13.8 Å². The van der Waals surface area contributed by atoms with Crippen LogP contribution in [-0.2, 0) is 9.59 Å². The average Bonchev–Trinajstić information content (AvgIpc) is 2.66. The molecular formula is C21H18O8. The second-order valence-corrected chi connectivity index (χ2v) is 6.03. The van der Waals surface area contributed by atoms with E-state index in [0.29, 0.717) is 17.1 Å². The molecule has 1 heterocycles. The lowest BCUT2D eigenvalue weighted by Gasteiger charge is -2.11. The third-order valence-corrected chi connectivity index (χ3v) is 3.96. The van der Waals surface area contributed by atoms with Gasteiger partial charge in [0.2, 0.25) is 0 Å². The van der Waals surface area contributed by atoms with Crippen molar-refractivity contribution in [3.05, 3.63) is 46.6 Å². The Bertz CT molecular complexity index is 1160. The normalized spacial score (nSPS) is 10.5. The molecule has 3 rings (SSSR count). The van der Waals surface area contributed by atoms with E-state index in [4.69, 9.17) is 23.4 Å². The summed E-state index contributed by atoms with van der Waals surface area (Å²) >= 11 is 0. The lowest BCUT2D eigenvalue weighted by atomic mass is 10.1. The maximum absolute atomic E-state index is 12.8. The Morgan fingerprint density at radius 1 is 0.828 bits per heavy atom. The van der Waals surface area contributed by atoms with Crippen LogP contribution in [-0.4, -0.2) is 26.2 Å². The van der Waals surface area contributed by atoms with Crippen molar-refractivity contribution in [3.63, 3.8) is 0 Å². The summed E-state index contributed by atoms with van der Waals surface area (Å²) in [5, 5.41) is 0.110. The van der Waals surface area contributed by atoms with Gasteiger partial charge in [0.25, 0.3) is 0 Å². The van der Waals surface area contributed by atoms with Gasteiger partial charge < -0.3 is 23.4 Å². The molecule has 1 aromatic heterocycles. The fourth-order valence-corrected chi connectivity index (χ4v) is 2.79. The molecule has 0 N–H and O–H groups in total. The summed E-state index contributed by atoms with van der Waals surface area (Å²) in [4.78, 5) is 35.5. The molecule has 2 aromatic carbocycles. The first-order valence-corrected chi connectivity index (χ1v) is 8.53. The molecule has 0 atom stereocenters. The Hall–Kier alpha value is -3.81. The molecule has 0 saturated heterocycles. The number of rotatable bonds is 5. The van der Waals surface area contributed by atoms with Gasteiger partial charge in [-0.2, -0.15) is 0 Å². The highest BCUT2D eigenvalue weighted by molar-refractivity contribution is 5.88. The Morgan fingerprint density at radius 3 is 2.14 bits per heavy atom. The minimum absolute atomic E-state index is 0.0440. The van der Waals surface area contributed by atoms with Crippen molar-refractivity contribution < 1.29 is 33.0 Å². The van der Waals surface area contributed by atoms with Crippen LogP contribution < -0.4 is 24.4 Å². The molecule has 0 bridgehead atoms. The van der Waals surface area contributed by atoms with E-state index in [1.807, 2.05) is 0 Å². The van der Waals surface area contributed by atoms with Gasteiger partial charge in [0.15, 0.2) is 16.9 Å². The Kier molecular flexibility index (Phi) is 5.54. The van der Waals surface area contributed by atoms with E-state index < -0.39 is 17.4 Å². The predicted octanol–water partition coefficient (Wildman–Crippen LogP) is 3.33. The Balaban J connectivity index is 2.20. The molecule has 8 nitrogen and oxygen atoms in total. The molecule has 0 aliphatic carbocycles. The quantitative estimate of drug-likeness (QED) is 0.476. The molecule has 0 spiro atoms. The van der Waals surface area contributed by atoms with Gasteiger partial charge in [-0.15, -0.1) is 0 Å². The molecule has 0 unspecified atom stereocenters. The standard InChI is InChI=1S/C21H18O8/c1-11(22)27-18-7-13(5-6-16(18)26-4)17-10-15(24)21-19(28-12(2)23)8-14(25-3)9-20(21)29-17/h5-10H,1-4H3. The van der Waals surface area contributed by atoms with E-state index in [1.54, 1.807) is 12.1 Å². The number of methoxy groups -OCH3 is 2. The molecule has 8 heteroatoms. The zero-order valence-corrected chi connectivity index (χ0v) is 16.2. The lowest BCUT2D eigenvalue weighted by Crippen LogP contribution is -2.08. The summed E-state index contributed by atoms with van der Waals surface area (Å²) in [5.41, 5.74) is 0.246. The molecule has 0 fully saturated rings. The van der Waals surface area contributed by atoms with Gasteiger partial charge >= 0.3 is 11.9 Å². The van der Waals surface area contributed by atoms with Crippen LogP contribution in [0.3, 0.4) is 0 Å². The van der Waals surface area contributed by atoms with Gasteiger partial charge in [-0.05, 0) is 18.2 Å². The second kappa shape index (κ2) is 8.05. The van der Waals surface area contributed by atoms with E-state index in [9.17, 15) is 14.4 Å². The number of hydrogen-bond donors (Lipinski definition) is 0. The first-order valence-electron chi connectivity index (χ1n) is 8.53. The predicted molar refractivity (Wildman–Crippen MR) is 104 cm³/mol. The first-order chi connectivity index (χ1) is 13.8. The molecule has 29 heavy (non-hydrogen) atoms. The highest BCUT2D eigenvalue weighted by Gasteiger charge is 2.17. The average molecular weight is 398 g/mol. The molecule has 0 saturated carbocycles. The van der Waals surface area contributed by atoms with Gasteiger partial charge in [-0.25, -0.2) is 0 Å². The van der Waals surface area contributed by atoms with E-state index in [2.05, 4.69) is 0 Å². The number of ether oxygens (including phenoxy) is 4. The molecule has 0 aliphatic rings. The van der Waals surface area contributed by atoms with Crippen LogP contribution in [0.1, 0.15) is 13.8 Å². The molecule has 0 aliphatic heterocycles. The minimum atomic E-state index is -0.579. The van der Waals surface area contributed by atoms with Crippen LogP contribution in [0.2, 0.25) is 0 Å². The molecular weight excluding hydrogens is 380 g/mol. The van der Waals surface area contributed by atoms with Crippen LogP contribution in [0.15, 0.2) is 45.6 Å². The number of carbonyl (C=O) groups is 2. The summed E-state index contributed by atoms with van der Waals surface area (Å²) in [6.45, 7) is 2.50. The maximum atomic E-state index is 12.8. The van der Waals surface area contributed by atoms with Gasteiger partial charge in [0.05, 0.1) is 14.2 Å². The van der Waals surface area contributed by atoms with Crippen LogP contribution in [0.5, 0.6) is 23.0 Å². The van der Waals surface area contributed by atoms with Gasteiger partial charge in [0.1, 0.15) is 28.2 Å².